The van der Waals surface area contributed by atoms with Gasteiger partial charge in [0.15, 0.2) is 0 Å². The molecular formula is C38H30. The third-order valence-corrected chi connectivity index (χ3v) is 8.45. The summed E-state index contributed by atoms with van der Waals surface area (Å²) in [5.41, 5.74) is 10.6. The van der Waals surface area contributed by atoms with Crippen LogP contribution in [0.5, 0.6) is 0 Å². The van der Waals surface area contributed by atoms with Gasteiger partial charge in [-0.3, -0.25) is 0 Å². The minimum Gasteiger partial charge on any atom is -0.0616 e. The lowest BCUT2D eigenvalue weighted by atomic mass is 9.83. The minimum atomic E-state index is 1.27. The lowest BCUT2D eigenvalue weighted by molar-refractivity contribution is 1.36. The van der Waals surface area contributed by atoms with Crippen LogP contribution in [0.25, 0.3) is 65.3 Å². The first-order valence-electron chi connectivity index (χ1n) is 13.4. The first kappa shape index (κ1) is 22.8. The Bertz CT molecular complexity index is 2060. The molecule has 38 heavy (non-hydrogen) atoms. The van der Waals surface area contributed by atoms with E-state index in [-0.39, 0.29) is 0 Å². The second kappa shape index (κ2) is 8.57. The molecule has 0 saturated heterocycles. The summed E-state index contributed by atoms with van der Waals surface area (Å²) in [4.78, 5) is 0. The molecule has 0 heteroatoms. The average Bonchev–Trinajstić information content (AvgIpc) is 2.93. The second-order valence-corrected chi connectivity index (χ2v) is 10.8. The van der Waals surface area contributed by atoms with Crippen molar-refractivity contribution in [2.45, 2.75) is 27.7 Å². The Labute approximate surface area is 224 Å². The van der Waals surface area contributed by atoms with Crippen LogP contribution in [0.2, 0.25) is 0 Å². The molecule has 182 valence electrons. The molecule has 7 aromatic carbocycles. The minimum absolute atomic E-state index is 1.27. The van der Waals surface area contributed by atoms with Crippen molar-refractivity contribution in [1.82, 2.24) is 0 Å². The highest BCUT2D eigenvalue weighted by atomic mass is 14.2. The molecule has 0 aliphatic carbocycles. The van der Waals surface area contributed by atoms with Crippen LogP contribution in [-0.4, -0.2) is 0 Å². The maximum atomic E-state index is 2.40. The summed E-state index contributed by atoms with van der Waals surface area (Å²) in [5.74, 6) is 0. The normalized spacial score (nSPS) is 11.7. The quantitative estimate of drug-likeness (QED) is 0.213. The molecule has 0 bridgehead atoms. The molecule has 0 saturated carbocycles. The first-order valence-corrected chi connectivity index (χ1v) is 13.4. The van der Waals surface area contributed by atoms with E-state index in [4.69, 9.17) is 0 Å². The molecule has 0 aliphatic rings. The number of aryl methyl sites for hydroxylation is 3. The summed E-state index contributed by atoms with van der Waals surface area (Å²) in [7, 11) is 0. The zero-order valence-electron chi connectivity index (χ0n) is 22.4. The molecule has 0 amide bonds. The Hall–Kier alpha value is -4.42. The highest BCUT2D eigenvalue weighted by Gasteiger charge is 2.19. The molecule has 0 unspecified atom stereocenters. The largest absolute Gasteiger partial charge is 0.0616 e. The van der Waals surface area contributed by atoms with Gasteiger partial charge in [-0.05, 0) is 133 Å². The standard InChI is InChI=1S/C38H30/c1-23-17-33-22-34-18-25(3)26(4)36(31-15-13-27-9-5-7-11-29(27)20-31)38(34)37(35(33)19-24(23)2)32-16-14-28-10-6-8-12-30(28)21-32/h5-22H,1-4H3. The topological polar surface area (TPSA) is 0 Å². The third kappa shape index (κ3) is 3.52. The Morgan fingerprint density at radius 3 is 1.53 bits per heavy atom. The Kier molecular flexibility index (Phi) is 5.13. The van der Waals surface area contributed by atoms with Crippen LogP contribution in [0.3, 0.4) is 0 Å². The van der Waals surface area contributed by atoms with E-state index in [2.05, 4.69) is 137 Å². The summed E-state index contributed by atoms with van der Waals surface area (Å²) in [6.07, 6.45) is 0. The summed E-state index contributed by atoms with van der Waals surface area (Å²) >= 11 is 0. The summed E-state index contributed by atoms with van der Waals surface area (Å²) in [6.45, 7) is 8.98. The maximum Gasteiger partial charge on any atom is -0.00175 e. The Morgan fingerprint density at radius 2 is 0.895 bits per heavy atom. The van der Waals surface area contributed by atoms with Gasteiger partial charge in [-0.25, -0.2) is 0 Å². The number of benzene rings is 7. The molecule has 0 aliphatic heterocycles. The van der Waals surface area contributed by atoms with E-state index in [0.29, 0.717) is 0 Å². The van der Waals surface area contributed by atoms with Gasteiger partial charge in [0.05, 0.1) is 0 Å². The van der Waals surface area contributed by atoms with E-state index in [1.165, 1.54) is 87.6 Å². The highest BCUT2D eigenvalue weighted by Crippen LogP contribution is 2.45. The lowest BCUT2D eigenvalue weighted by Gasteiger charge is -2.21. The van der Waals surface area contributed by atoms with Gasteiger partial charge in [0.1, 0.15) is 0 Å². The molecule has 0 nitrogen and oxygen atoms in total. The second-order valence-electron chi connectivity index (χ2n) is 10.8. The molecule has 0 fully saturated rings. The van der Waals surface area contributed by atoms with Crippen LogP contribution in [0.4, 0.5) is 0 Å². The molecule has 0 N–H and O–H groups in total. The van der Waals surface area contributed by atoms with Gasteiger partial charge in [-0.1, -0.05) is 91.0 Å². The van der Waals surface area contributed by atoms with Crippen molar-refractivity contribution >= 4 is 43.1 Å². The van der Waals surface area contributed by atoms with Crippen molar-refractivity contribution in [3.05, 3.63) is 131 Å². The van der Waals surface area contributed by atoms with Crippen molar-refractivity contribution in [3.63, 3.8) is 0 Å². The van der Waals surface area contributed by atoms with E-state index in [9.17, 15) is 0 Å². The Balaban J connectivity index is 1.68. The van der Waals surface area contributed by atoms with Gasteiger partial charge in [-0.15, -0.1) is 0 Å². The molecule has 0 aromatic heterocycles. The maximum absolute atomic E-state index is 2.40. The lowest BCUT2D eigenvalue weighted by Crippen LogP contribution is -1.95. The van der Waals surface area contributed by atoms with Crippen molar-refractivity contribution in [2.75, 3.05) is 0 Å². The third-order valence-electron chi connectivity index (χ3n) is 8.45. The zero-order valence-corrected chi connectivity index (χ0v) is 22.4. The van der Waals surface area contributed by atoms with Crippen LogP contribution in [-0.2, 0) is 0 Å². The molecule has 0 heterocycles. The smallest absolute Gasteiger partial charge is 0.00175 e. The van der Waals surface area contributed by atoms with Crippen LogP contribution in [0.1, 0.15) is 22.3 Å². The van der Waals surface area contributed by atoms with Crippen LogP contribution < -0.4 is 0 Å². The number of hydrogen-bond acceptors (Lipinski definition) is 0. The molecule has 7 aromatic rings. The average molecular weight is 487 g/mol. The molecular weight excluding hydrogens is 456 g/mol. The fourth-order valence-electron chi connectivity index (χ4n) is 6.15. The Morgan fingerprint density at radius 1 is 0.368 bits per heavy atom. The predicted molar refractivity (Wildman–Crippen MR) is 166 cm³/mol. The van der Waals surface area contributed by atoms with Crippen LogP contribution in [0.15, 0.2) is 109 Å². The van der Waals surface area contributed by atoms with Gasteiger partial charge in [0, 0.05) is 0 Å². The first-order chi connectivity index (χ1) is 18.5. The predicted octanol–water partition coefficient (Wildman–Crippen LogP) is 10.9. The molecule has 0 atom stereocenters. The van der Waals surface area contributed by atoms with E-state index in [0.717, 1.165) is 0 Å². The number of rotatable bonds is 2. The van der Waals surface area contributed by atoms with Gasteiger partial charge in [-0.2, -0.15) is 0 Å². The summed E-state index contributed by atoms with van der Waals surface area (Å²) in [5, 5.41) is 10.4. The van der Waals surface area contributed by atoms with E-state index < -0.39 is 0 Å². The van der Waals surface area contributed by atoms with Gasteiger partial charge in [0.25, 0.3) is 0 Å². The monoisotopic (exact) mass is 486 g/mol. The number of hydrogen-bond donors (Lipinski definition) is 0. The van der Waals surface area contributed by atoms with Crippen molar-refractivity contribution < 1.29 is 0 Å². The number of fused-ring (bicyclic) bond motifs is 4. The van der Waals surface area contributed by atoms with E-state index in [1.807, 2.05) is 0 Å². The van der Waals surface area contributed by atoms with Crippen LogP contribution in [0, 0.1) is 27.7 Å². The SMILES string of the molecule is Cc1cc2cc3cc(C)c(C)c(-c4ccc5ccccc5c4)c3c(-c3ccc4ccccc4c3)c2cc1C. The van der Waals surface area contributed by atoms with Gasteiger partial charge < -0.3 is 0 Å². The fourth-order valence-corrected chi connectivity index (χ4v) is 6.15. The van der Waals surface area contributed by atoms with Crippen molar-refractivity contribution in [2.24, 2.45) is 0 Å². The molecule has 0 spiro atoms. The van der Waals surface area contributed by atoms with Crippen molar-refractivity contribution in [3.8, 4) is 22.3 Å². The molecule has 0 radical (unpaired) electrons. The molecule has 7 rings (SSSR count). The van der Waals surface area contributed by atoms with E-state index in [1.54, 1.807) is 0 Å². The van der Waals surface area contributed by atoms with Gasteiger partial charge >= 0.3 is 0 Å². The zero-order chi connectivity index (χ0) is 26.0. The summed E-state index contributed by atoms with van der Waals surface area (Å²) < 4.78 is 0. The highest BCUT2D eigenvalue weighted by molar-refractivity contribution is 6.19. The van der Waals surface area contributed by atoms with E-state index >= 15 is 0 Å². The van der Waals surface area contributed by atoms with Crippen molar-refractivity contribution in [1.29, 1.82) is 0 Å². The summed E-state index contributed by atoms with van der Waals surface area (Å²) in [6, 6.07) is 40.8. The van der Waals surface area contributed by atoms with Crippen LogP contribution >= 0.6 is 0 Å². The van der Waals surface area contributed by atoms with Gasteiger partial charge in [0.2, 0.25) is 0 Å². The fraction of sp³-hybridized carbons (Fsp3) is 0.105.